The van der Waals surface area contributed by atoms with Crippen molar-refractivity contribution in [3.8, 4) is 0 Å². The van der Waals surface area contributed by atoms with E-state index in [9.17, 15) is 10.2 Å². The summed E-state index contributed by atoms with van der Waals surface area (Å²) >= 11 is 0. The molecule has 0 bridgehead atoms. The second kappa shape index (κ2) is 6.16. The highest BCUT2D eigenvalue weighted by molar-refractivity contribution is 5.54. The smallest absolute Gasteiger partial charge is 0.0717 e. The molecule has 1 unspecified atom stereocenters. The molecule has 0 aliphatic carbocycles. The maximum absolute atomic E-state index is 9.56. The summed E-state index contributed by atoms with van der Waals surface area (Å²) < 4.78 is 0. The number of aliphatic hydroxyl groups is 2. The summed E-state index contributed by atoms with van der Waals surface area (Å²) in [6.07, 6.45) is 6.28. The van der Waals surface area contributed by atoms with Gasteiger partial charge in [0.1, 0.15) is 0 Å². The van der Waals surface area contributed by atoms with Gasteiger partial charge in [-0.25, -0.2) is 0 Å². The minimum Gasteiger partial charge on any atom is -0.394 e. The summed E-state index contributed by atoms with van der Waals surface area (Å²) in [5.41, 5.74) is 2.83. The third-order valence-corrected chi connectivity index (χ3v) is 3.67. The molecule has 4 nitrogen and oxygen atoms in total. The van der Waals surface area contributed by atoms with Crippen molar-refractivity contribution >= 4 is 5.69 Å². The van der Waals surface area contributed by atoms with Crippen molar-refractivity contribution in [2.45, 2.75) is 45.3 Å². The molecule has 1 atom stereocenters. The number of anilines is 1. The van der Waals surface area contributed by atoms with Crippen LogP contribution >= 0.6 is 0 Å². The van der Waals surface area contributed by atoms with Gasteiger partial charge in [-0.05, 0) is 25.8 Å². The fraction of sp³-hybridized carbons (Fsp3) is 0.643. The van der Waals surface area contributed by atoms with Gasteiger partial charge in [0.15, 0.2) is 0 Å². The Bertz CT molecular complexity index is 395. The van der Waals surface area contributed by atoms with Crippen LogP contribution < -0.4 is 4.90 Å². The Balaban J connectivity index is 2.34. The quantitative estimate of drug-likeness (QED) is 0.856. The lowest BCUT2D eigenvalue weighted by Crippen LogP contribution is -2.38. The van der Waals surface area contributed by atoms with Crippen LogP contribution in [0.25, 0.3) is 0 Å². The molecule has 2 rings (SSSR count). The minimum atomic E-state index is -0.00272. The number of aromatic nitrogens is 1. The van der Waals surface area contributed by atoms with E-state index in [-0.39, 0.29) is 19.3 Å². The van der Waals surface area contributed by atoms with Crippen molar-refractivity contribution in [1.82, 2.24) is 4.98 Å². The topological polar surface area (TPSA) is 56.6 Å². The molecule has 0 aromatic carbocycles. The zero-order valence-electron chi connectivity index (χ0n) is 11.0. The molecule has 1 aromatic rings. The Morgan fingerprint density at radius 3 is 2.89 bits per heavy atom. The van der Waals surface area contributed by atoms with Crippen molar-refractivity contribution < 1.29 is 10.2 Å². The first-order chi connectivity index (χ1) is 8.76. The van der Waals surface area contributed by atoms with E-state index in [1.165, 1.54) is 12.8 Å². The molecule has 0 radical (unpaired) electrons. The van der Waals surface area contributed by atoms with Crippen LogP contribution in [0.15, 0.2) is 12.3 Å². The molecule has 0 amide bonds. The first-order valence-electron chi connectivity index (χ1n) is 6.70. The van der Waals surface area contributed by atoms with Crippen LogP contribution in [-0.4, -0.2) is 34.4 Å². The van der Waals surface area contributed by atoms with Gasteiger partial charge in [-0.2, -0.15) is 0 Å². The molecule has 18 heavy (non-hydrogen) atoms. The number of aliphatic hydroxyl groups excluding tert-OH is 2. The predicted octanol–water partition coefficient (Wildman–Crippen LogP) is 1.62. The molecular weight excluding hydrogens is 228 g/mol. The Morgan fingerprint density at radius 1 is 1.33 bits per heavy atom. The normalized spacial score (nSPS) is 20.8. The van der Waals surface area contributed by atoms with Gasteiger partial charge in [0.05, 0.1) is 19.3 Å². The van der Waals surface area contributed by atoms with E-state index in [0.29, 0.717) is 0 Å². The van der Waals surface area contributed by atoms with E-state index in [1.807, 2.05) is 13.0 Å². The molecule has 0 saturated carbocycles. The maximum Gasteiger partial charge on any atom is 0.0717 e. The number of pyridine rings is 1. The van der Waals surface area contributed by atoms with Crippen molar-refractivity contribution in [3.05, 3.63) is 23.5 Å². The molecule has 1 aliphatic rings. The monoisotopic (exact) mass is 250 g/mol. The van der Waals surface area contributed by atoms with E-state index >= 15 is 0 Å². The summed E-state index contributed by atoms with van der Waals surface area (Å²) in [7, 11) is 0. The summed E-state index contributed by atoms with van der Waals surface area (Å²) in [5, 5.41) is 19.0. The molecule has 1 saturated heterocycles. The maximum atomic E-state index is 9.56. The molecule has 1 aromatic heterocycles. The predicted molar refractivity (Wildman–Crippen MR) is 71.6 cm³/mol. The van der Waals surface area contributed by atoms with Crippen LogP contribution in [0.4, 0.5) is 5.69 Å². The molecule has 100 valence electrons. The van der Waals surface area contributed by atoms with Crippen LogP contribution in [0.2, 0.25) is 0 Å². The van der Waals surface area contributed by atoms with E-state index in [1.54, 1.807) is 6.20 Å². The largest absolute Gasteiger partial charge is 0.394 e. The average molecular weight is 250 g/mol. The third-order valence-electron chi connectivity index (χ3n) is 3.67. The highest BCUT2D eigenvalue weighted by Crippen LogP contribution is 2.27. The van der Waals surface area contributed by atoms with Crippen LogP contribution in [0.1, 0.15) is 36.9 Å². The van der Waals surface area contributed by atoms with E-state index in [4.69, 9.17) is 0 Å². The standard InChI is InChI=1S/C14H22N2O2/c1-11-7-14(12(9-17)8-15-11)16-6-4-2-3-5-13(16)10-18/h7-8,13,17-18H,2-6,9-10H2,1H3. The van der Waals surface area contributed by atoms with Gasteiger partial charge in [0, 0.05) is 29.7 Å². The fourth-order valence-corrected chi connectivity index (χ4v) is 2.65. The number of nitrogens with zero attached hydrogens (tertiary/aromatic N) is 2. The van der Waals surface area contributed by atoms with Gasteiger partial charge >= 0.3 is 0 Å². The second-order valence-electron chi connectivity index (χ2n) is 4.99. The fourth-order valence-electron chi connectivity index (χ4n) is 2.65. The first kappa shape index (κ1) is 13.3. The van der Waals surface area contributed by atoms with Crippen molar-refractivity contribution in [3.63, 3.8) is 0 Å². The molecule has 4 heteroatoms. The molecule has 2 heterocycles. The zero-order chi connectivity index (χ0) is 13.0. The summed E-state index contributed by atoms with van der Waals surface area (Å²) in [4.78, 5) is 6.47. The summed E-state index contributed by atoms with van der Waals surface area (Å²) in [6, 6.07) is 2.18. The van der Waals surface area contributed by atoms with Gasteiger partial charge in [-0.1, -0.05) is 12.8 Å². The van der Waals surface area contributed by atoms with Crippen LogP contribution in [0, 0.1) is 6.92 Å². The van der Waals surface area contributed by atoms with Crippen LogP contribution in [0.3, 0.4) is 0 Å². The van der Waals surface area contributed by atoms with Gasteiger partial charge in [-0.15, -0.1) is 0 Å². The van der Waals surface area contributed by atoms with Gasteiger partial charge in [0.2, 0.25) is 0 Å². The Morgan fingerprint density at radius 2 is 2.17 bits per heavy atom. The van der Waals surface area contributed by atoms with Gasteiger partial charge in [-0.3, -0.25) is 4.98 Å². The number of hydrogen-bond donors (Lipinski definition) is 2. The number of hydrogen-bond acceptors (Lipinski definition) is 4. The Kier molecular flexibility index (Phi) is 4.55. The summed E-state index contributed by atoms with van der Waals surface area (Å²) in [6.45, 7) is 3.07. The molecule has 1 aliphatic heterocycles. The third kappa shape index (κ3) is 2.82. The summed E-state index contributed by atoms with van der Waals surface area (Å²) in [5.74, 6) is 0. The van der Waals surface area contributed by atoms with Crippen molar-refractivity contribution in [1.29, 1.82) is 0 Å². The minimum absolute atomic E-state index is 0.00272. The van der Waals surface area contributed by atoms with Gasteiger partial charge in [0.25, 0.3) is 0 Å². The van der Waals surface area contributed by atoms with Crippen LogP contribution in [-0.2, 0) is 6.61 Å². The lowest BCUT2D eigenvalue weighted by Gasteiger charge is -2.32. The van der Waals surface area contributed by atoms with Crippen molar-refractivity contribution in [2.24, 2.45) is 0 Å². The zero-order valence-corrected chi connectivity index (χ0v) is 11.0. The van der Waals surface area contributed by atoms with E-state index in [2.05, 4.69) is 9.88 Å². The SMILES string of the molecule is Cc1cc(N2CCCCCC2CO)c(CO)cn1. The molecular formula is C14H22N2O2. The molecule has 2 N–H and O–H groups in total. The number of aryl methyl sites for hydroxylation is 1. The van der Waals surface area contributed by atoms with Gasteiger partial charge < -0.3 is 15.1 Å². The Labute approximate surface area is 108 Å². The highest BCUT2D eigenvalue weighted by atomic mass is 16.3. The van der Waals surface area contributed by atoms with E-state index < -0.39 is 0 Å². The first-order valence-corrected chi connectivity index (χ1v) is 6.70. The lowest BCUT2D eigenvalue weighted by atomic mass is 10.1. The second-order valence-corrected chi connectivity index (χ2v) is 4.99. The average Bonchev–Trinajstić information content (AvgIpc) is 2.63. The lowest BCUT2D eigenvalue weighted by molar-refractivity contribution is 0.253. The van der Waals surface area contributed by atoms with E-state index in [0.717, 1.165) is 36.3 Å². The molecule has 1 fully saturated rings. The van der Waals surface area contributed by atoms with Crippen LogP contribution in [0.5, 0.6) is 0 Å². The highest BCUT2D eigenvalue weighted by Gasteiger charge is 2.22. The molecule has 0 spiro atoms. The number of rotatable bonds is 3. The Hall–Kier alpha value is -1.13. The van der Waals surface area contributed by atoms with Crippen molar-refractivity contribution in [2.75, 3.05) is 18.1 Å².